The molecule has 0 aromatic heterocycles. The summed E-state index contributed by atoms with van der Waals surface area (Å²) >= 11 is 0. The zero-order chi connectivity index (χ0) is 11.0. The van der Waals surface area contributed by atoms with Crippen molar-refractivity contribution in [2.45, 2.75) is 39.7 Å². The molecule has 2 atom stereocenters. The van der Waals surface area contributed by atoms with Gasteiger partial charge in [-0.3, -0.25) is 0 Å². The number of likely N-dealkylation sites (N-methyl/N-ethyl adjacent to an activating group) is 1. The molecule has 86 valence electrons. The molecule has 0 amide bonds. The van der Waals surface area contributed by atoms with E-state index in [0.717, 1.165) is 25.6 Å². The Morgan fingerprint density at radius 2 is 1.93 bits per heavy atom. The van der Waals surface area contributed by atoms with Crippen molar-refractivity contribution in [3.63, 3.8) is 0 Å². The maximum Gasteiger partial charge on any atom is 0.0446 e. The van der Waals surface area contributed by atoms with E-state index in [0.29, 0.717) is 6.42 Å². The van der Waals surface area contributed by atoms with Gasteiger partial charge in [0.15, 0.2) is 0 Å². The van der Waals surface area contributed by atoms with E-state index < -0.39 is 0 Å². The van der Waals surface area contributed by atoms with Gasteiger partial charge in [0.1, 0.15) is 0 Å². The lowest BCUT2D eigenvalue weighted by Crippen LogP contribution is -2.40. The fraction of sp³-hybridized carbons (Fsp3) is 1.00. The number of hydrogen-bond donors (Lipinski definition) is 2. The third-order valence-corrected chi connectivity index (χ3v) is 2.71. The monoisotopic (exact) mass is 202 g/mol. The molecule has 0 aromatic rings. The summed E-state index contributed by atoms with van der Waals surface area (Å²) in [6.45, 7) is 9.90. The number of aliphatic hydroxyl groups is 1. The summed E-state index contributed by atoms with van der Waals surface area (Å²) in [4.78, 5) is 2.37. The van der Waals surface area contributed by atoms with Crippen LogP contribution in [0.2, 0.25) is 0 Å². The molecule has 0 aromatic carbocycles. The molecule has 0 aliphatic rings. The van der Waals surface area contributed by atoms with Gasteiger partial charge in [0.05, 0.1) is 0 Å². The largest absolute Gasteiger partial charge is 0.396 e. The van der Waals surface area contributed by atoms with Crippen molar-refractivity contribution in [2.24, 2.45) is 11.7 Å². The summed E-state index contributed by atoms with van der Waals surface area (Å²) in [5, 5.41) is 8.75. The average Bonchev–Trinajstić information content (AvgIpc) is 2.16. The van der Waals surface area contributed by atoms with Gasteiger partial charge in [-0.2, -0.15) is 0 Å². The standard InChI is InChI=1S/C11H26N2O/c1-4-10(3)8-13(5-2)9-11(12)6-7-14/h10-11,14H,4-9,12H2,1-3H3. The first kappa shape index (κ1) is 13.9. The maximum atomic E-state index is 8.75. The van der Waals surface area contributed by atoms with Crippen LogP contribution in [0.3, 0.4) is 0 Å². The number of hydrogen-bond acceptors (Lipinski definition) is 3. The summed E-state index contributed by atoms with van der Waals surface area (Å²) in [5.41, 5.74) is 5.88. The number of nitrogens with two attached hydrogens (primary N) is 1. The van der Waals surface area contributed by atoms with Crippen LogP contribution in [-0.4, -0.2) is 42.3 Å². The minimum absolute atomic E-state index is 0.115. The highest BCUT2D eigenvalue weighted by Crippen LogP contribution is 2.04. The maximum absolute atomic E-state index is 8.75. The highest BCUT2D eigenvalue weighted by molar-refractivity contribution is 4.68. The van der Waals surface area contributed by atoms with Gasteiger partial charge in [0.25, 0.3) is 0 Å². The number of nitrogens with zero attached hydrogens (tertiary/aromatic N) is 1. The van der Waals surface area contributed by atoms with Crippen molar-refractivity contribution in [1.82, 2.24) is 4.90 Å². The van der Waals surface area contributed by atoms with Crippen molar-refractivity contribution in [3.05, 3.63) is 0 Å². The number of rotatable bonds is 8. The topological polar surface area (TPSA) is 49.5 Å². The summed E-state index contributed by atoms with van der Waals surface area (Å²) in [5.74, 6) is 0.733. The van der Waals surface area contributed by atoms with Gasteiger partial charge in [-0.25, -0.2) is 0 Å². The molecule has 0 bridgehead atoms. The minimum Gasteiger partial charge on any atom is -0.396 e. The van der Waals surface area contributed by atoms with E-state index in [4.69, 9.17) is 10.8 Å². The zero-order valence-electron chi connectivity index (χ0n) is 9.87. The molecule has 14 heavy (non-hydrogen) atoms. The zero-order valence-corrected chi connectivity index (χ0v) is 9.87. The van der Waals surface area contributed by atoms with Crippen LogP contribution in [0.5, 0.6) is 0 Å². The lowest BCUT2D eigenvalue weighted by atomic mass is 10.1. The fourth-order valence-electron chi connectivity index (χ4n) is 1.49. The summed E-state index contributed by atoms with van der Waals surface area (Å²) in [6.07, 6.45) is 1.92. The van der Waals surface area contributed by atoms with Crippen LogP contribution in [0.15, 0.2) is 0 Å². The Bertz CT molecular complexity index is 130. The summed E-state index contributed by atoms with van der Waals surface area (Å²) in [6, 6.07) is 0.115. The first-order valence-electron chi connectivity index (χ1n) is 5.72. The predicted molar refractivity (Wildman–Crippen MR) is 61.2 cm³/mol. The SMILES string of the molecule is CCC(C)CN(CC)CC(N)CCO. The Morgan fingerprint density at radius 3 is 2.36 bits per heavy atom. The van der Waals surface area contributed by atoms with Crippen LogP contribution in [0, 0.1) is 5.92 Å². The van der Waals surface area contributed by atoms with Crippen LogP contribution in [-0.2, 0) is 0 Å². The van der Waals surface area contributed by atoms with E-state index >= 15 is 0 Å². The molecule has 0 radical (unpaired) electrons. The minimum atomic E-state index is 0.115. The predicted octanol–water partition coefficient (Wildman–Crippen LogP) is 1.06. The quantitative estimate of drug-likeness (QED) is 0.619. The normalized spacial score (nSPS) is 15.9. The highest BCUT2D eigenvalue weighted by Gasteiger charge is 2.10. The number of aliphatic hydroxyl groups excluding tert-OH is 1. The molecule has 2 unspecified atom stereocenters. The second-order valence-electron chi connectivity index (χ2n) is 4.14. The second kappa shape index (κ2) is 8.21. The molecular formula is C11H26N2O. The van der Waals surface area contributed by atoms with Gasteiger partial charge in [-0.15, -0.1) is 0 Å². The van der Waals surface area contributed by atoms with Crippen LogP contribution in [0.1, 0.15) is 33.6 Å². The molecule has 0 heterocycles. The second-order valence-corrected chi connectivity index (χ2v) is 4.14. The van der Waals surface area contributed by atoms with Crippen LogP contribution >= 0.6 is 0 Å². The van der Waals surface area contributed by atoms with Crippen molar-refractivity contribution < 1.29 is 5.11 Å². The highest BCUT2D eigenvalue weighted by atomic mass is 16.3. The molecule has 0 aliphatic heterocycles. The van der Waals surface area contributed by atoms with Crippen molar-refractivity contribution in [1.29, 1.82) is 0 Å². The molecule has 0 saturated carbocycles. The Labute approximate surface area is 88.3 Å². The average molecular weight is 202 g/mol. The molecule has 3 nitrogen and oxygen atoms in total. The van der Waals surface area contributed by atoms with E-state index in [2.05, 4.69) is 25.7 Å². The summed E-state index contributed by atoms with van der Waals surface area (Å²) < 4.78 is 0. The first-order chi connectivity index (χ1) is 6.63. The Balaban J connectivity index is 3.77. The Morgan fingerprint density at radius 1 is 1.29 bits per heavy atom. The molecule has 3 N–H and O–H groups in total. The van der Waals surface area contributed by atoms with E-state index in [1.807, 2.05) is 0 Å². The van der Waals surface area contributed by atoms with Crippen molar-refractivity contribution >= 4 is 0 Å². The first-order valence-corrected chi connectivity index (χ1v) is 5.72. The van der Waals surface area contributed by atoms with E-state index in [9.17, 15) is 0 Å². The lowest BCUT2D eigenvalue weighted by molar-refractivity contribution is 0.210. The molecule has 0 spiro atoms. The van der Waals surface area contributed by atoms with Crippen molar-refractivity contribution in [3.8, 4) is 0 Å². The van der Waals surface area contributed by atoms with Gasteiger partial charge in [0, 0.05) is 25.7 Å². The van der Waals surface area contributed by atoms with Gasteiger partial charge in [-0.1, -0.05) is 27.2 Å². The van der Waals surface area contributed by atoms with Crippen LogP contribution in [0.25, 0.3) is 0 Å². The molecule has 0 saturated heterocycles. The van der Waals surface area contributed by atoms with Gasteiger partial charge in [-0.05, 0) is 18.9 Å². The van der Waals surface area contributed by atoms with E-state index in [-0.39, 0.29) is 12.6 Å². The van der Waals surface area contributed by atoms with E-state index in [1.54, 1.807) is 0 Å². The smallest absolute Gasteiger partial charge is 0.0446 e. The molecular weight excluding hydrogens is 176 g/mol. The third kappa shape index (κ3) is 6.35. The van der Waals surface area contributed by atoms with E-state index in [1.165, 1.54) is 6.42 Å². The molecule has 0 rings (SSSR count). The Kier molecular flexibility index (Phi) is 8.14. The van der Waals surface area contributed by atoms with Gasteiger partial charge in [0.2, 0.25) is 0 Å². The lowest BCUT2D eigenvalue weighted by Gasteiger charge is -2.26. The molecule has 0 aliphatic carbocycles. The van der Waals surface area contributed by atoms with Gasteiger partial charge >= 0.3 is 0 Å². The third-order valence-electron chi connectivity index (χ3n) is 2.71. The van der Waals surface area contributed by atoms with Crippen LogP contribution in [0.4, 0.5) is 0 Å². The van der Waals surface area contributed by atoms with Crippen molar-refractivity contribution in [2.75, 3.05) is 26.2 Å². The fourth-order valence-corrected chi connectivity index (χ4v) is 1.49. The molecule has 3 heteroatoms. The van der Waals surface area contributed by atoms with Gasteiger partial charge < -0.3 is 15.7 Å². The summed E-state index contributed by atoms with van der Waals surface area (Å²) in [7, 11) is 0. The Hall–Kier alpha value is -0.120. The molecule has 0 fully saturated rings. The van der Waals surface area contributed by atoms with Crippen LogP contribution < -0.4 is 5.73 Å².